The highest BCUT2D eigenvalue weighted by molar-refractivity contribution is 14.0. The third-order valence-corrected chi connectivity index (χ3v) is 5.94. The van der Waals surface area contributed by atoms with E-state index in [1.165, 1.54) is 12.8 Å². The second-order valence-corrected chi connectivity index (χ2v) is 8.23. The van der Waals surface area contributed by atoms with Crippen LogP contribution in [0, 0.1) is 0 Å². The summed E-state index contributed by atoms with van der Waals surface area (Å²) in [7, 11) is 5.10. The van der Waals surface area contributed by atoms with Crippen LogP contribution in [-0.2, 0) is 9.47 Å². The fraction of sp³-hybridized carbons (Fsp3) is 0.708. The van der Waals surface area contributed by atoms with Gasteiger partial charge in [-0.25, -0.2) is 0 Å². The Hall–Kier alpha value is -1.46. The van der Waals surface area contributed by atoms with Crippen LogP contribution in [0.1, 0.15) is 38.5 Å². The first-order valence-corrected chi connectivity index (χ1v) is 11.8. The van der Waals surface area contributed by atoms with Crippen molar-refractivity contribution in [1.82, 2.24) is 10.2 Å². The standard InChI is InChI=1S/C24H39N3O5.HI/c1-25-24(26-10-6-14-31-23-16-21(28-2)15-22(17-23)29-3)27-11-8-19(9-12-27)32-18-20-7-4-5-13-30-20;/h15-17,19-20H,4-14,18H2,1-3H3,(H,25,26);1H. The van der Waals surface area contributed by atoms with E-state index in [2.05, 4.69) is 15.2 Å². The number of rotatable bonds is 10. The summed E-state index contributed by atoms with van der Waals surface area (Å²) >= 11 is 0. The lowest BCUT2D eigenvalue weighted by atomic mass is 10.1. The third-order valence-electron chi connectivity index (χ3n) is 5.94. The van der Waals surface area contributed by atoms with Crippen molar-refractivity contribution in [2.24, 2.45) is 4.99 Å². The van der Waals surface area contributed by atoms with Crippen molar-refractivity contribution in [3.8, 4) is 17.2 Å². The molecule has 3 rings (SSSR count). The molecular formula is C24H40IN3O5. The summed E-state index contributed by atoms with van der Waals surface area (Å²) in [6, 6.07) is 5.55. The van der Waals surface area contributed by atoms with Crippen molar-refractivity contribution in [2.75, 3.05) is 60.7 Å². The van der Waals surface area contributed by atoms with Gasteiger partial charge in [0.25, 0.3) is 0 Å². The van der Waals surface area contributed by atoms with Crippen LogP contribution in [0.4, 0.5) is 0 Å². The summed E-state index contributed by atoms with van der Waals surface area (Å²) in [6.45, 7) is 4.92. The Bertz CT molecular complexity index is 685. The monoisotopic (exact) mass is 577 g/mol. The van der Waals surface area contributed by atoms with Crippen LogP contribution in [0.5, 0.6) is 17.2 Å². The number of hydrogen-bond donors (Lipinski definition) is 1. The van der Waals surface area contributed by atoms with Crippen molar-refractivity contribution >= 4 is 29.9 Å². The van der Waals surface area contributed by atoms with Gasteiger partial charge in [0.2, 0.25) is 0 Å². The molecule has 8 nitrogen and oxygen atoms in total. The number of methoxy groups -OCH3 is 2. The maximum atomic E-state index is 6.13. The first kappa shape index (κ1) is 27.8. The molecule has 0 aliphatic carbocycles. The largest absolute Gasteiger partial charge is 0.496 e. The molecule has 1 aromatic carbocycles. The Morgan fingerprint density at radius 2 is 1.76 bits per heavy atom. The van der Waals surface area contributed by atoms with Crippen LogP contribution in [0.3, 0.4) is 0 Å². The first-order valence-electron chi connectivity index (χ1n) is 11.8. The predicted octanol–water partition coefficient (Wildman–Crippen LogP) is 3.72. The number of ether oxygens (including phenoxy) is 5. The molecule has 0 saturated carbocycles. The van der Waals surface area contributed by atoms with E-state index in [1.807, 2.05) is 25.2 Å². The number of benzene rings is 1. The maximum absolute atomic E-state index is 6.13. The van der Waals surface area contributed by atoms with Crippen LogP contribution in [0.2, 0.25) is 0 Å². The lowest BCUT2D eigenvalue weighted by molar-refractivity contribution is -0.0721. The van der Waals surface area contributed by atoms with Crippen molar-refractivity contribution in [2.45, 2.75) is 50.7 Å². The minimum absolute atomic E-state index is 0. The van der Waals surface area contributed by atoms with Gasteiger partial charge in [-0.1, -0.05) is 0 Å². The highest BCUT2D eigenvalue weighted by Crippen LogP contribution is 2.27. The average Bonchev–Trinajstić information content (AvgIpc) is 2.85. The minimum atomic E-state index is 0. The normalized spacial score (nSPS) is 19.5. The number of nitrogens with zero attached hydrogens (tertiary/aromatic N) is 2. The van der Waals surface area contributed by atoms with Gasteiger partial charge in [-0.3, -0.25) is 4.99 Å². The lowest BCUT2D eigenvalue weighted by Gasteiger charge is -2.35. The summed E-state index contributed by atoms with van der Waals surface area (Å²) in [4.78, 5) is 6.76. The quantitative estimate of drug-likeness (QED) is 0.197. The molecule has 0 bridgehead atoms. The molecule has 2 saturated heterocycles. The molecule has 0 amide bonds. The van der Waals surface area contributed by atoms with Crippen LogP contribution in [-0.4, -0.2) is 83.8 Å². The van der Waals surface area contributed by atoms with E-state index in [0.717, 1.165) is 81.7 Å². The molecule has 33 heavy (non-hydrogen) atoms. The molecular weight excluding hydrogens is 537 g/mol. The molecule has 188 valence electrons. The van der Waals surface area contributed by atoms with E-state index in [-0.39, 0.29) is 30.1 Å². The second kappa shape index (κ2) is 15.4. The number of guanidine groups is 1. The van der Waals surface area contributed by atoms with Crippen LogP contribution in [0.25, 0.3) is 0 Å². The average molecular weight is 578 g/mol. The van der Waals surface area contributed by atoms with E-state index < -0.39 is 0 Å². The Morgan fingerprint density at radius 1 is 1.06 bits per heavy atom. The Kier molecular flexibility index (Phi) is 13.0. The van der Waals surface area contributed by atoms with E-state index >= 15 is 0 Å². The van der Waals surface area contributed by atoms with E-state index in [9.17, 15) is 0 Å². The molecule has 2 aliphatic rings. The number of hydrogen-bond acceptors (Lipinski definition) is 6. The fourth-order valence-electron chi connectivity index (χ4n) is 4.08. The lowest BCUT2D eigenvalue weighted by Crippen LogP contribution is -2.47. The number of aliphatic imine (C=N–C) groups is 1. The predicted molar refractivity (Wildman–Crippen MR) is 141 cm³/mol. The molecule has 2 fully saturated rings. The number of halogens is 1. The fourth-order valence-corrected chi connectivity index (χ4v) is 4.08. The van der Waals surface area contributed by atoms with Crippen molar-refractivity contribution in [3.05, 3.63) is 18.2 Å². The van der Waals surface area contributed by atoms with Crippen LogP contribution in [0.15, 0.2) is 23.2 Å². The summed E-state index contributed by atoms with van der Waals surface area (Å²) in [5.41, 5.74) is 0. The Balaban J connectivity index is 0.00000385. The molecule has 2 aliphatic heterocycles. The Labute approximate surface area is 215 Å². The zero-order valence-electron chi connectivity index (χ0n) is 20.2. The molecule has 0 radical (unpaired) electrons. The van der Waals surface area contributed by atoms with Crippen molar-refractivity contribution in [3.63, 3.8) is 0 Å². The van der Waals surface area contributed by atoms with Crippen LogP contribution < -0.4 is 19.5 Å². The van der Waals surface area contributed by atoms with Gasteiger partial charge in [-0.05, 0) is 38.5 Å². The van der Waals surface area contributed by atoms with Crippen LogP contribution >= 0.6 is 24.0 Å². The Morgan fingerprint density at radius 3 is 2.36 bits per heavy atom. The molecule has 1 unspecified atom stereocenters. The highest BCUT2D eigenvalue weighted by Gasteiger charge is 2.23. The molecule has 1 N–H and O–H groups in total. The summed E-state index contributed by atoms with van der Waals surface area (Å²) < 4.78 is 28.3. The maximum Gasteiger partial charge on any atom is 0.193 e. The smallest absolute Gasteiger partial charge is 0.193 e. The summed E-state index contributed by atoms with van der Waals surface area (Å²) in [6.07, 6.45) is 7.09. The van der Waals surface area contributed by atoms with Gasteiger partial charge in [0.15, 0.2) is 5.96 Å². The SMILES string of the molecule is CN=C(NCCCOc1cc(OC)cc(OC)c1)N1CCC(OCC2CCCCO2)CC1.I. The van der Waals surface area contributed by atoms with Crippen molar-refractivity contribution in [1.29, 1.82) is 0 Å². The molecule has 1 atom stereocenters. The topological polar surface area (TPSA) is 73.8 Å². The van der Waals surface area contributed by atoms with E-state index in [1.54, 1.807) is 14.2 Å². The summed E-state index contributed by atoms with van der Waals surface area (Å²) in [5, 5.41) is 3.45. The van der Waals surface area contributed by atoms with Gasteiger partial charge in [0.1, 0.15) is 17.2 Å². The third kappa shape index (κ3) is 9.36. The van der Waals surface area contributed by atoms with Gasteiger partial charge < -0.3 is 33.9 Å². The highest BCUT2D eigenvalue weighted by atomic mass is 127. The van der Waals surface area contributed by atoms with Gasteiger partial charge in [0, 0.05) is 51.5 Å². The zero-order chi connectivity index (χ0) is 22.6. The van der Waals surface area contributed by atoms with Gasteiger partial charge >= 0.3 is 0 Å². The van der Waals surface area contributed by atoms with Gasteiger partial charge in [-0.2, -0.15) is 0 Å². The number of nitrogens with one attached hydrogen (secondary N) is 1. The van der Waals surface area contributed by atoms with Gasteiger partial charge in [0.05, 0.1) is 39.6 Å². The molecule has 9 heteroatoms. The summed E-state index contributed by atoms with van der Waals surface area (Å²) in [5.74, 6) is 3.13. The van der Waals surface area contributed by atoms with Gasteiger partial charge in [-0.15, -0.1) is 24.0 Å². The van der Waals surface area contributed by atoms with E-state index in [4.69, 9.17) is 23.7 Å². The molecule has 0 aromatic heterocycles. The van der Waals surface area contributed by atoms with Crippen molar-refractivity contribution < 1.29 is 23.7 Å². The zero-order valence-corrected chi connectivity index (χ0v) is 22.5. The molecule has 1 aromatic rings. The minimum Gasteiger partial charge on any atom is -0.496 e. The first-order chi connectivity index (χ1) is 15.7. The van der Waals surface area contributed by atoms with E-state index in [0.29, 0.717) is 12.7 Å². The number of piperidine rings is 1. The number of likely N-dealkylation sites (tertiary alicyclic amines) is 1. The molecule has 2 heterocycles. The molecule has 0 spiro atoms. The second-order valence-electron chi connectivity index (χ2n) is 8.23.